The van der Waals surface area contributed by atoms with E-state index in [4.69, 9.17) is 0 Å². The highest BCUT2D eigenvalue weighted by atomic mass is 16.2. The number of aliphatic imine (C=N–C) groups is 1. The number of amidine groups is 1. The summed E-state index contributed by atoms with van der Waals surface area (Å²) in [6.45, 7) is 2.82. The van der Waals surface area contributed by atoms with Crippen LogP contribution in [-0.2, 0) is 4.79 Å². The molecule has 2 amide bonds. The van der Waals surface area contributed by atoms with E-state index in [0.717, 1.165) is 12.2 Å². The second-order valence-corrected chi connectivity index (χ2v) is 6.76. The molecule has 31 heavy (non-hydrogen) atoms. The first-order valence-electron chi connectivity index (χ1n) is 9.93. The number of benzene rings is 3. The molecule has 0 aliphatic carbocycles. The fourth-order valence-corrected chi connectivity index (χ4v) is 3.08. The van der Waals surface area contributed by atoms with Gasteiger partial charge in [-0.1, -0.05) is 36.4 Å². The second kappa shape index (κ2) is 9.04. The summed E-state index contributed by atoms with van der Waals surface area (Å²) in [4.78, 5) is 30.3. The van der Waals surface area contributed by atoms with Crippen molar-refractivity contribution in [2.45, 2.75) is 6.92 Å². The quantitative estimate of drug-likeness (QED) is 0.666. The highest BCUT2D eigenvalue weighted by molar-refractivity contribution is 6.72. The number of nitrogens with one attached hydrogen (secondary N) is 2. The van der Waals surface area contributed by atoms with Crippen LogP contribution in [0.5, 0.6) is 0 Å². The van der Waals surface area contributed by atoms with Crippen molar-refractivity contribution < 1.29 is 9.59 Å². The Morgan fingerprint density at radius 3 is 2.23 bits per heavy atom. The van der Waals surface area contributed by atoms with Crippen molar-refractivity contribution in [1.29, 1.82) is 0 Å². The molecule has 0 fully saturated rings. The Kier molecular flexibility index (Phi) is 5.84. The van der Waals surface area contributed by atoms with Crippen LogP contribution in [0.4, 0.5) is 17.1 Å². The van der Waals surface area contributed by atoms with E-state index in [1.807, 2.05) is 43.3 Å². The van der Waals surface area contributed by atoms with Gasteiger partial charge in [-0.05, 0) is 55.5 Å². The summed E-state index contributed by atoms with van der Waals surface area (Å²) in [5.74, 6) is -0.666. The Morgan fingerprint density at radius 2 is 1.58 bits per heavy atom. The Bertz CT molecular complexity index is 1140. The van der Waals surface area contributed by atoms with Gasteiger partial charge < -0.3 is 10.6 Å². The molecule has 7 nitrogen and oxygen atoms in total. The molecular formula is C24H21N5O2. The van der Waals surface area contributed by atoms with E-state index in [0.29, 0.717) is 16.9 Å². The number of nitrogens with zero attached hydrogens (tertiary/aromatic N) is 3. The van der Waals surface area contributed by atoms with Gasteiger partial charge in [0.05, 0.1) is 11.4 Å². The van der Waals surface area contributed by atoms with Crippen LogP contribution in [0.15, 0.2) is 95.0 Å². The lowest BCUT2D eigenvalue weighted by molar-refractivity contribution is -0.112. The monoisotopic (exact) mass is 411 g/mol. The zero-order valence-electron chi connectivity index (χ0n) is 16.9. The molecular weight excluding hydrogens is 390 g/mol. The number of carbonyl (C=O) groups excluding carboxylic acids is 2. The lowest BCUT2D eigenvalue weighted by Gasteiger charge is -2.10. The summed E-state index contributed by atoms with van der Waals surface area (Å²) < 4.78 is 0. The highest BCUT2D eigenvalue weighted by Crippen LogP contribution is 2.22. The number of hydrogen-bond donors (Lipinski definition) is 2. The zero-order valence-corrected chi connectivity index (χ0v) is 16.9. The van der Waals surface area contributed by atoms with Crippen LogP contribution in [0.2, 0.25) is 0 Å². The fourth-order valence-electron chi connectivity index (χ4n) is 3.08. The smallest absolute Gasteiger partial charge is 0.301 e. The molecule has 3 aromatic rings. The first-order chi connectivity index (χ1) is 15.2. The average molecular weight is 411 g/mol. The van der Waals surface area contributed by atoms with Crippen molar-refractivity contribution in [3.8, 4) is 0 Å². The van der Waals surface area contributed by atoms with Crippen molar-refractivity contribution in [2.75, 3.05) is 16.9 Å². The highest BCUT2D eigenvalue weighted by Gasteiger charge is 2.34. The van der Waals surface area contributed by atoms with Gasteiger partial charge in [-0.25, -0.2) is 4.99 Å². The lowest BCUT2D eigenvalue weighted by Crippen LogP contribution is -2.37. The summed E-state index contributed by atoms with van der Waals surface area (Å²) in [6.07, 6.45) is 0. The Morgan fingerprint density at radius 1 is 0.935 bits per heavy atom. The van der Waals surface area contributed by atoms with E-state index in [9.17, 15) is 9.59 Å². The number of amides is 2. The lowest BCUT2D eigenvalue weighted by atomic mass is 10.2. The maximum atomic E-state index is 13.1. The van der Waals surface area contributed by atoms with E-state index in [2.05, 4.69) is 20.7 Å². The normalized spacial score (nSPS) is 14.5. The van der Waals surface area contributed by atoms with Crippen LogP contribution in [0.1, 0.15) is 17.3 Å². The minimum Gasteiger partial charge on any atom is -0.385 e. The van der Waals surface area contributed by atoms with Gasteiger partial charge >= 0.3 is 5.91 Å². The largest absolute Gasteiger partial charge is 0.385 e. The predicted molar refractivity (Wildman–Crippen MR) is 123 cm³/mol. The van der Waals surface area contributed by atoms with Gasteiger partial charge in [0.25, 0.3) is 5.91 Å². The van der Waals surface area contributed by atoms with Crippen molar-refractivity contribution in [2.24, 2.45) is 10.1 Å². The molecule has 1 aliphatic heterocycles. The van der Waals surface area contributed by atoms with Crippen molar-refractivity contribution in [3.63, 3.8) is 0 Å². The van der Waals surface area contributed by atoms with E-state index in [-0.39, 0.29) is 17.5 Å². The second-order valence-electron chi connectivity index (χ2n) is 6.76. The molecule has 1 heterocycles. The minimum absolute atomic E-state index is 0.0735. The number of rotatable bonds is 5. The van der Waals surface area contributed by atoms with Crippen LogP contribution < -0.4 is 15.6 Å². The minimum atomic E-state index is -0.412. The van der Waals surface area contributed by atoms with Crippen LogP contribution >= 0.6 is 0 Å². The molecule has 0 bridgehead atoms. The number of para-hydroxylation sites is 1. The van der Waals surface area contributed by atoms with E-state index in [1.165, 1.54) is 5.01 Å². The van der Waals surface area contributed by atoms with Gasteiger partial charge in [-0.3, -0.25) is 9.59 Å². The van der Waals surface area contributed by atoms with Gasteiger partial charge in [0.15, 0.2) is 11.5 Å². The average Bonchev–Trinajstić information content (AvgIpc) is 3.11. The Labute approximate surface area is 180 Å². The Balaban J connectivity index is 1.68. The van der Waals surface area contributed by atoms with Crippen LogP contribution in [0.3, 0.4) is 0 Å². The van der Waals surface area contributed by atoms with E-state index in [1.54, 1.807) is 48.5 Å². The molecule has 4 rings (SSSR count). The van der Waals surface area contributed by atoms with Crippen LogP contribution in [0, 0.1) is 0 Å². The molecule has 0 saturated heterocycles. The van der Waals surface area contributed by atoms with Crippen molar-refractivity contribution in [3.05, 3.63) is 90.5 Å². The molecule has 7 heteroatoms. The third-order valence-electron chi connectivity index (χ3n) is 4.58. The van der Waals surface area contributed by atoms with Crippen molar-refractivity contribution >= 4 is 40.4 Å². The molecule has 0 spiro atoms. The molecule has 0 aromatic heterocycles. The first kappa shape index (κ1) is 20.0. The summed E-state index contributed by atoms with van der Waals surface area (Å²) in [6, 6.07) is 25.2. The maximum absolute atomic E-state index is 13.1. The predicted octanol–water partition coefficient (Wildman–Crippen LogP) is 3.98. The molecule has 3 aromatic carbocycles. The molecule has 0 unspecified atom stereocenters. The first-order valence-corrected chi connectivity index (χ1v) is 9.93. The topological polar surface area (TPSA) is 86.2 Å². The van der Waals surface area contributed by atoms with Gasteiger partial charge in [0, 0.05) is 17.8 Å². The molecule has 154 valence electrons. The van der Waals surface area contributed by atoms with Crippen LogP contribution in [0.25, 0.3) is 0 Å². The Hall–Kier alpha value is -4.26. The third-order valence-corrected chi connectivity index (χ3v) is 4.58. The van der Waals surface area contributed by atoms with Gasteiger partial charge in [-0.15, -0.1) is 5.10 Å². The fraction of sp³-hybridized carbons (Fsp3) is 0.0833. The molecule has 0 saturated carbocycles. The molecule has 0 radical (unpaired) electrons. The zero-order chi connectivity index (χ0) is 21.6. The summed E-state index contributed by atoms with van der Waals surface area (Å²) in [5, 5.41) is 11.5. The molecule has 2 N–H and O–H groups in total. The standard InChI is InChI=1S/C24H21N5O2/c1-2-25-18-13-15-19(16-14-18)26-21-22(27-23(30)17-9-5-3-6-10-17)28-29(24(21)31)20-11-7-4-8-12-20/h3-16,25H,2H2,1H3,(H,27,28,30). The molecule has 0 atom stereocenters. The summed E-state index contributed by atoms with van der Waals surface area (Å²) >= 11 is 0. The molecule has 1 aliphatic rings. The number of carbonyl (C=O) groups is 2. The van der Waals surface area contributed by atoms with Gasteiger partial charge in [0.2, 0.25) is 0 Å². The summed E-state index contributed by atoms with van der Waals surface area (Å²) in [5.41, 5.74) is 2.67. The summed E-state index contributed by atoms with van der Waals surface area (Å²) in [7, 11) is 0. The van der Waals surface area contributed by atoms with Gasteiger partial charge in [0.1, 0.15) is 0 Å². The number of hydrazone groups is 1. The van der Waals surface area contributed by atoms with Crippen molar-refractivity contribution in [1.82, 2.24) is 5.32 Å². The maximum Gasteiger partial charge on any atom is 0.301 e. The SMILES string of the molecule is CCNc1ccc(N=C2C(=O)N(c3ccccc3)N=C2NC(=O)c2ccccc2)cc1. The third kappa shape index (κ3) is 4.51. The van der Waals surface area contributed by atoms with Gasteiger partial charge in [-0.2, -0.15) is 5.01 Å². The van der Waals surface area contributed by atoms with E-state index < -0.39 is 5.91 Å². The van der Waals surface area contributed by atoms with E-state index >= 15 is 0 Å². The van der Waals surface area contributed by atoms with Crippen LogP contribution in [-0.4, -0.2) is 29.9 Å². The number of anilines is 2. The number of hydrogen-bond acceptors (Lipinski definition) is 5.